The summed E-state index contributed by atoms with van der Waals surface area (Å²) < 4.78 is 0. The van der Waals surface area contributed by atoms with Crippen molar-refractivity contribution in [1.29, 1.82) is 0 Å². The Morgan fingerprint density at radius 1 is 1.03 bits per heavy atom. The lowest BCUT2D eigenvalue weighted by Crippen LogP contribution is -2.27. The van der Waals surface area contributed by atoms with Crippen LogP contribution in [0.15, 0.2) is 60.0 Å². The maximum atomic E-state index is 12.2. The molecule has 0 unspecified atom stereocenters. The van der Waals surface area contributed by atoms with Crippen LogP contribution in [0.1, 0.15) is 34.6 Å². The molecule has 0 bridgehead atoms. The first-order valence-electron chi connectivity index (χ1n) is 10.8. The highest BCUT2D eigenvalue weighted by Gasteiger charge is 2.10. The van der Waals surface area contributed by atoms with E-state index in [2.05, 4.69) is 40.8 Å². The Balaban J connectivity index is 1.48. The monoisotopic (exact) mass is 479 g/mol. The first kappa shape index (κ1) is 23.0. The Morgan fingerprint density at radius 3 is 2.58 bits per heavy atom. The van der Waals surface area contributed by atoms with Gasteiger partial charge >= 0.3 is 0 Å². The lowest BCUT2D eigenvalue weighted by atomic mass is 10.1. The van der Waals surface area contributed by atoms with E-state index in [9.17, 15) is 4.79 Å². The van der Waals surface area contributed by atoms with Gasteiger partial charge in [0.25, 0.3) is 5.91 Å². The van der Waals surface area contributed by atoms with Gasteiger partial charge in [-0.15, -0.1) is 11.3 Å². The Hall–Kier alpha value is -3.16. The molecular weight excluding hydrogens is 454 g/mol. The summed E-state index contributed by atoms with van der Waals surface area (Å²) in [5.74, 6) is 1.62. The summed E-state index contributed by atoms with van der Waals surface area (Å²) in [5.41, 5.74) is 2.50. The maximum Gasteiger partial charge on any atom is 0.251 e. The molecule has 2 aromatic carbocycles. The number of carbonyl (C=O) groups excluding carboxylic acids is 1. The number of amides is 1. The predicted octanol–water partition coefficient (Wildman–Crippen LogP) is 5.95. The van der Waals surface area contributed by atoms with Crippen molar-refractivity contribution in [2.24, 2.45) is 5.92 Å². The number of carbonyl (C=O) groups is 1. The fraction of sp³-hybridized carbons (Fsp3) is 0.240. The molecule has 2 heterocycles. The Kier molecular flexibility index (Phi) is 7.42. The van der Waals surface area contributed by atoms with Gasteiger partial charge in [-0.3, -0.25) is 4.79 Å². The number of hydrogen-bond acceptors (Lipinski definition) is 6. The molecule has 2 aromatic heterocycles. The van der Waals surface area contributed by atoms with Crippen LogP contribution in [-0.4, -0.2) is 22.4 Å². The van der Waals surface area contributed by atoms with Crippen LogP contribution in [0.25, 0.3) is 10.9 Å². The van der Waals surface area contributed by atoms with Gasteiger partial charge < -0.3 is 16.0 Å². The number of nitrogens with zero attached hydrogens (tertiary/aromatic N) is 2. The van der Waals surface area contributed by atoms with E-state index >= 15 is 0 Å². The molecule has 4 aromatic rings. The molecule has 0 saturated heterocycles. The number of anilines is 2. The third-order valence-corrected chi connectivity index (χ3v) is 6.12. The van der Waals surface area contributed by atoms with Gasteiger partial charge in [-0.2, -0.15) is 4.98 Å². The second-order valence-corrected chi connectivity index (χ2v) is 9.61. The SMILES string of the molecule is CC(C)CNC(=O)c1ccc(CNc2nc(NCc3cccs3)nc3ccc(Cl)cc23)cc1. The summed E-state index contributed by atoms with van der Waals surface area (Å²) >= 11 is 7.92. The van der Waals surface area contributed by atoms with Crippen molar-refractivity contribution in [2.75, 3.05) is 17.2 Å². The van der Waals surface area contributed by atoms with Crippen molar-refractivity contribution in [1.82, 2.24) is 15.3 Å². The number of benzene rings is 2. The molecule has 8 heteroatoms. The van der Waals surface area contributed by atoms with Crippen LogP contribution >= 0.6 is 22.9 Å². The number of thiophene rings is 1. The van der Waals surface area contributed by atoms with E-state index in [1.165, 1.54) is 4.88 Å². The molecule has 0 fully saturated rings. The van der Waals surface area contributed by atoms with Crippen LogP contribution in [0.2, 0.25) is 5.02 Å². The van der Waals surface area contributed by atoms with Crippen LogP contribution < -0.4 is 16.0 Å². The third-order valence-electron chi connectivity index (χ3n) is 5.01. The maximum absolute atomic E-state index is 12.2. The summed E-state index contributed by atoms with van der Waals surface area (Å²) in [5, 5.41) is 13.2. The highest BCUT2D eigenvalue weighted by molar-refractivity contribution is 7.09. The van der Waals surface area contributed by atoms with Gasteiger partial charge in [-0.1, -0.05) is 43.6 Å². The van der Waals surface area contributed by atoms with Gasteiger partial charge in [0.2, 0.25) is 5.95 Å². The quantitative estimate of drug-likeness (QED) is 0.276. The van der Waals surface area contributed by atoms with E-state index in [0.717, 1.165) is 16.5 Å². The highest BCUT2D eigenvalue weighted by Crippen LogP contribution is 2.26. The third kappa shape index (κ3) is 6.21. The molecule has 0 spiro atoms. The van der Waals surface area contributed by atoms with Crippen LogP contribution in [0.3, 0.4) is 0 Å². The molecule has 3 N–H and O–H groups in total. The molecule has 0 aliphatic rings. The van der Waals surface area contributed by atoms with Gasteiger partial charge in [0.05, 0.1) is 12.1 Å². The van der Waals surface area contributed by atoms with Crippen molar-refractivity contribution < 1.29 is 4.79 Å². The number of rotatable bonds is 9. The van der Waals surface area contributed by atoms with E-state index < -0.39 is 0 Å². The van der Waals surface area contributed by atoms with Crippen LogP contribution in [0.4, 0.5) is 11.8 Å². The second kappa shape index (κ2) is 10.6. The Labute approximate surface area is 202 Å². The number of nitrogens with one attached hydrogen (secondary N) is 3. The minimum atomic E-state index is -0.0545. The number of aromatic nitrogens is 2. The molecule has 170 valence electrons. The van der Waals surface area contributed by atoms with Gasteiger partial charge in [-0.25, -0.2) is 4.98 Å². The molecule has 4 rings (SSSR count). The summed E-state index contributed by atoms with van der Waals surface area (Å²) in [4.78, 5) is 22.8. The molecule has 0 radical (unpaired) electrons. The molecular formula is C25H26ClN5OS. The second-order valence-electron chi connectivity index (χ2n) is 8.14. The first-order chi connectivity index (χ1) is 16.0. The summed E-state index contributed by atoms with van der Waals surface area (Å²) in [6.45, 7) is 6.02. The summed E-state index contributed by atoms with van der Waals surface area (Å²) in [7, 11) is 0. The minimum absolute atomic E-state index is 0.0545. The van der Waals surface area contributed by atoms with Gasteiger partial charge in [-0.05, 0) is 53.3 Å². The summed E-state index contributed by atoms with van der Waals surface area (Å²) in [6, 6.07) is 17.3. The van der Waals surface area contributed by atoms with E-state index in [1.54, 1.807) is 11.3 Å². The van der Waals surface area contributed by atoms with Crippen LogP contribution in [0.5, 0.6) is 0 Å². The van der Waals surface area contributed by atoms with Crippen LogP contribution in [0, 0.1) is 5.92 Å². The lowest BCUT2D eigenvalue weighted by Gasteiger charge is -2.12. The average Bonchev–Trinajstić information content (AvgIpc) is 3.34. The number of hydrogen-bond donors (Lipinski definition) is 3. The zero-order valence-electron chi connectivity index (χ0n) is 18.6. The molecule has 0 aliphatic heterocycles. The molecule has 0 aliphatic carbocycles. The van der Waals surface area contributed by atoms with E-state index in [4.69, 9.17) is 16.6 Å². The topological polar surface area (TPSA) is 78.9 Å². The van der Waals surface area contributed by atoms with E-state index in [-0.39, 0.29) is 5.91 Å². The molecule has 1 amide bonds. The van der Waals surface area contributed by atoms with Gasteiger partial charge in [0, 0.05) is 33.9 Å². The van der Waals surface area contributed by atoms with Crippen molar-refractivity contribution in [3.05, 3.63) is 81.0 Å². The zero-order valence-corrected chi connectivity index (χ0v) is 20.1. The molecule has 0 atom stereocenters. The zero-order chi connectivity index (χ0) is 23.2. The predicted molar refractivity (Wildman–Crippen MR) is 137 cm³/mol. The molecule has 6 nitrogen and oxygen atoms in total. The Bertz CT molecular complexity index is 1230. The standard InChI is InChI=1S/C25H26ClN5OS/c1-16(2)13-28-24(32)18-7-5-17(6-8-18)14-27-23-21-12-19(26)9-10-22(21)30-25(31-23)29-15-20-4-3-11-33-20/h3-12,16H,13-15H2,1-2H3,(H,28,32)(H2,27,29,30,31). The fourth-order valence-electron chi connectivity index (χ4n) is 3.25. The van der Waals surface area contributed by atoms with Crippen molar-refractivity contribution in [3.63, 3.8) is 0 Å². The molecule has 33 heavy (non-hydrogen) atoms. The normalized spacial score (nSPS) is 11.0. The van der Waals surface area contributed by atoms with Crippen molar-refractivity contribution in [3.8, 4) is 0 Å². The lowest BCUT2D eigenvalue weighted by molar-refractivity contribution is 0.0949. The molecule has 0 saturated carbocycles. The van der Waals surface area contributed by atoms with Crippen molar-refractivity contribution >= 4 is 51.5 Å². The Morgan fingerprint density at radius 2 is 1.85 bits per heavy atom. The number of fused-ring (bicyclic) bond motifs is 1. The van der Waals surface area contributed by atoms with Gasteiger partial charge in [0.1, 0.15) is 5.82 Å². The van der Waals surface area contributed by atoms with Crippen LogP contribution in [-0.2, 0) is 13.1 Å². The highest BCUT2D eigenvalue weighted by atomic mass is 35.5. The van der Waals surface area contributed by atoms with Crippen molar-refractivity contribution in [2.45, 2.75) is 26.9 Å². The summed E-state index contributed by atoms with van der Waals surface area (Å²) in [6.07, 6.45) is 0. The fourth-order valence-corrected chi connectivity index (χ4v) is 4.07. The average molecular weight is 480 g/mol. The van der Waals surface area contributed by atoms with E-state index in [0.29, 0.717) is 47.9 Å². The smallest absolute Gasteiger partial charge is 0.251 e. The largest absolute Gasteiger partial charge is 0.365 e. The van der Waals surface area contributed by atoms with E-state index in [1.807, 2.05) is 53.9 Å². The first-order valence-corrected chi connectivity index (χ1v) is 12.1. The van der Waals surface area contributed by atoms with Gasteiger partial charge in [0.15, 0.2) is 0 Å². The number of halogens is 1. The minimum Gasteiger partial charge on any atom is -0.365 e.